The average Bonchev–Trinajstić information content (AvgIpc) is 2.99. The molecule has 6 nitrogen and oxygen atoms in total. The summed E-state index contributed by atoms with van der Waals surface area (Å²) in [5, 5.41) is 9.00. The zero-order valence-electron chi connectivity index (χ0n) is 15.1. The Balaban J connectivity index is 1.36. The van der Waals surface area contributed by atoms with Gasteiger partial charge in [0.2, 0.25) is 0 Å². The number of aromatic carboxylic acids is 1. The van der Waals surface area contributed by atoms with Crippen molar-refractivity contribution in [1.82, 2.24) is 14.7 Å². The second-order valence-corrected chi connectivity index (χ2v) is 7.81. The molecular weight excluding hydrogens is 330 g/mol. The highest BCUT2D eigenvalue weighted by Gasteiger charge is 2.43. The predicted molar refractivity (Wildman–Crippen MR) is 98.1 cm³/mol. The lowest BCUT2D eigenvalue weighted by Gasteiger charge is -2.36. The zero-order chi connectivity index (χ0) is 18.1. The summed E-state index contributed by atoms with van der Waals surface area (Å²) in [7, 11) is 0. The second-order valence-electron chi connectivity index (χ2n) is 7.81. The molecule has 1 aromatic rings. The summed E-state index contributed by atoms with van der Waals surface area (Å²) >= 11 is 0. The van der Waals surface area contributed by atoms with E-state index in [1.165, 1.54) is 19.3 Å². The molecule has 1 saturated carbocycles. The van der Waals surface area contributed by atoms with Crippen molar-refractivity contribution in [2.24, 2.45) is 0 Å². The van der Waals surface area contributed by atoms with Gasteiger partial charge < -0.3 is 14.9 Å². The first kappa shape index (κ1) is 17.3. The van der Waals surface area contributed by atoms with Crippen LogP contribution in [0.15, 0.2) is 24.3 Å². The number of carboxylic acids is 1. The van der Waals surface area contributed by atoms with Crippen LogP contribution >= 0.6 is 0 Å². The van der Waals surface area contributed by atoms with Gasteiger partial charge in [-0.3, -0.25) is 4.90 Å². The Hall–Kier alpha value is -2.08. The van der Waals surface area contributed by atoms with Crippen molar-refractivity contribution in [2.45, 2.75) is 50.7 Å². The van der Waals surface area contributed by atoms with Crippen LogP contribution in [-0.4, -0.2) is 70.1 Å². The predicted octanol–water partition coefficient (Wildman–Crippen LogP) is 2.64. The monoisotopic (exact) mass is 357 g/mol. The molecular formula is C20H27N3O3. The minimum Gasteiger partial charge on any atom is -0.478 e. The molecule has 1 aliphatic carbocycles. The van der Waals surface area contributed by atoms with Crippen LogP contribution in [0.5, 0.6) is 0 Å². The number of rotatable bonds is 4. The highest BCUT2D eigenvalue weighted by molar-refractivity contribution is 5.87. The number of benzene rings is 1. The molecule has 6 heteroatoms. The third-order valence-electron chi connectivity index (χ3n) is 6.09. The van der Waals surface area contributed by atoms with Crippen molar-refractivity contribution in [3.05, 3.63) is 35.4 Å². The van der Waals surface area contributed by atoms with Crippen LogP contribution in [0.3, 0.4) is 0 Å². The van der Waals surface area contributed by atoms with Crippen LogP contribution in [0.25, 0.3) is 0 Å². The molecule has 3 fully saturated rings. The van der Waals surface area contributed by atoms with Crippen LogP contribution in [0.2, 0.25) is 0 Å². The third-order valence-corrected chi connectivity index (χ3v) is 6.09. The number of nitrogens with zero attached hydrogens (tertiary/aromatic N) is 3. The van der Waals surface area contributed by atoms with Crippen molar-refractivity contribution in [2.75, 3.05) is 26.2 Å². The minimum atomic E-state index is -0.891. The van der Waals surface area contributed by atoms with Gasteiger partial charge in [0.15, 0.2) is 0 Å². The number of carbonyl (C=O) groups excluding carboxylic acids is 1. The van der Waals surface area contributed by atoms with Crippen molar-refractivity contribution in [1.29, 1.82) is 0 Å². The minimum absolute atomic E-state index is 0.243. The SMILES string of the molecule is O=C(O)c1ccc(CN2CCN3C(=O)N(C4CCCCC4)CC3C2)cc1. The van der Waals surface area contributed by atoms with E-state index in [4.69, 9.17) is 5.11 Å². The maximum absolute atomic E-state index is 12.8. The summed E-state index contributed by atoms with van der Waals surface area (Å²) in [5.41, 5.74) is 1.44. The van der Waals surface area contributed by atoms with Gasteiger partial charge >= 0.3 is 12.0 Å². The van der Waals surface area contributed by atoms with Crippen LogP contribution in [0, 0.1) is 0 Å². The molecule has 0 bridgehead atoms. The molecule has 1 N–H and O–H groups in total. The fraction of sp³-hybridized carbons (Fsp3) is 0.600. The summed E-state index contributed by atoms with van der Waals surface area (Å²) in [6, 6.07) is 8.09. The van der Waals surface area contributed by atoms with Crippen molar-refractivity contribution in [3.8, 4) is 0 Å². The number of hydrogen-bond acceptors (Lipinski definition) is 3. The highest BCUT2D eigenvalue weighted by Crippen LogP contribution is 2.29. The molecule has 0 spiro atoms. The molecule has 26 heavy (non-hydrogen) atoms. The van der Waals surface area contributed by atoms with Crippen molar-refractivity contribution in [3.63, 3.8) is 0 Å². The number of urea groups is 1. The van der Waals surface area contributed by atoms with Gasteiger partial charge in [0.1, 0.15) is 0 Å². The summed E-state index contributed by atoms with van der Waals surface area (Å²) in [6.07, 6.45) is 6.12. The van der Waals surface area contributed by atoms with Gasteiger partial charge in [-0.2, -0.15) is 0 Å². The summed E-state index contributed by atoms with van der Waals surface area (Å²) in [5.74, 6) is -0.891. The van der Waals surface area contributed by atoms with E-state index in [1.54, 1.807) is 12.1 Å². The van der Waals surface area contributed by atoms with Crippen molar-refractivity contribution >= 4 is 12.0 Å². The smallest absolute Gasteiger partial charge is 0.335 e. The summed E-state index contributed by atoms with van der Waals surface area (Å²) < 4.78 is 0. The maximum atomic E-state index is 12.8. The number of carbonyl (C=O) groups is 2. The highest BCUT2D eigenvalue weighted by atomic mass is 16.4. The quantitative estimate of drug-likeness (QED) is 0.900. The van der Waals surface area contributed by atoms with E-state index < -0.39 is 5.97 Å². The molecule has 2 amide bonds. The first-order chi connectivity index (χ1) is 12.6. The largest absolute Gasteiger partial charge is 0.478 e. The van der Waals surface area contributed by atoms with E-state index in [2.05, 4.69) is 14.7 Å². The van der Waals surface area contributed by atoms with Crippen molar-refractivity contribution < 1.29 is 14.7 Å². The number of hydrogen-bond donors (Lipinski definition) is 1. The van der Waals surface area contributed by atoms with Crippen LogP contribution in [0.1, 0.15) is 48.0 Å². The van der Waals surface area contributed by atoms with E-state index in [0.29, 0.717) is 11.6 Å². The molecule has 3 aliphatic rings. The molecule has 4 rings (SSSR count). The number of fused-ring (bicyclic) bond motifs is 1. The lowest BCUT2D eigenvalue weighted by atomic mass is 9.94. The Bertz CT molecular complexity index is 669. The Labute approximate surface area is 154 Å². The third kappa shape index (κ3) is 3.43. The number of carboxylic acid groups (broad SMARTS) is 1. The number of amides is 2. The lowest BCUT2D eigenvalue weighted by molar-refractivity contribution is 0.0697. The van der Waals surface area contributed by atoms with Gasteiger partial charge in [0.05, 0.1) is 11.6 Å². The summed E-state index contributed by atoms with van der Waals surface area (Å²) in [6.45, 7) is 4.23. The fourth-order valence-corrected chi connectivity index (χ4v) is 4.65. The Kier molecular flexibility index (Phi) is 4.85. The standard InChI is InChI=1S/C20H27N3O3/c24-19(25)16-8-6-15(7-9-16)12-21-10-11-22-18(13-21)14-23(20(22)26)17-4-2-1-3-5-17/h6-9,17-18H,1-5,10-14H2,(H,24,25). The fourth-order valence-electron chi connectivity index (χ4n) is 4.65. The van der Waals surface area contributed by atoms with Crippen LogP contribution < -0.4 is 0 Å². The average molecular weight is 357 g/mol. The molecule has 0 radical (unpaired) electrons. The van der Waals surface area contributed by atoms with Gasteiger partial charge in [-0.05, 0) is 30.5 Å². The van der Waals surface area contributed by atoms with Crippen LogP contribution in [-0.2, 0) is 6.54 Å². The second kappa shape index (κ2) is 7.27. The molecule has 2 heterocycles. The molecule has 140 valence electrons. The first-order valence-electron chi connectivity index (χ1n) is 9.73. The Morgan fingerprint density at radius 2 is 1.69 bits per heavy atom. The van der Waals surface area contributed by atoms with E-state index in [9.17, 15) is 9.59 Å². The lowest BCUT2D eigenvalue weighted by Crippen LogP contribution is -2.51. The Morgan fingerprint density at radius 1 is 0.962 bits per heavy atom. The molecule has 2 aliphatic heterocycles. The molecule has 0 aromatic heterocycles. The first-order valence-corrected chi connectivity index (χ1v) is 9.73. The molecule has 1 atom stereocenters. The van der Waals surface area contributed by atoms with Gasteiger partial charge in [0, 0.05) is 38.8 Å². The molecule has 1 unspecified atom stereocenters. The van der Waals surface area contributed by atoms with Crippen LogP contribution in [0.4, 0.5) is 4.79 Å². The maximum Gasteiger partial charge on any atom is 0.335 e. The van der Waals surface area contributed by atoms with Gasteiger partial charge in [0.25, 0.3) is 0 Å². The zero-order valence-corrected chi connectivity index (χ0v) is 15.1. The molecule has 1 aromatic carbocycles. The Morgan fingerprint density at radius 3 is 2.38 bits per heavy atom. The summed E-state index contributed by atoms with van der Waals surface area (Å²) in [4.78, 5) is 30.3. The molecule has 2 saturated heterocycles. The van der Waals surface area contributed by atoms with E-state index >= 15 is 0 Å². The topological polar surface area (TPSA) is 64.1 Å². The van der Waals surface area contributed by atoms with E-state index in [0.717, 1.165) is 51.1 Å². The van der Waals surface area contributed by atoms with E-state index in [1.807, 2.05) is 12.1 Å². The normalized spacial score (nSPS) is 24.8. The van der Waals surface area contributed by atoms with Gasteiger partial charge in [-0.25, -0.2) is 9.59 Å². The number of piperazine rings is 1. The van der Waals surface area contributed by atoms with Gasteiger partial charge in [-0.15, -0.1) is 0 Å². The van der Waals surface area contributed by atoms with E-state index in [-0.39, 0.29) is 12.1 Å². The van der Waals surface area contributed by atoms with Gasteiger partial charge in [-0.1, -0.05) is 31.4 Å².